The number of nitrogens with zero attached hydrogens (tertiary/aromatic N) is 4. The topological polar surface area (TPSA) is 92.6 Å². The van der Waals surface area contributed by atoms with Crippen LogP contribution in [0.5, 0.6) is 0 Å². The molecule has 0 saturated carbocycles. The maximum Gasteiger partial charge on any atom is 0.274 e. The number of H-pyrrole nitrogens is 1. The molecule has 0 radical (unpaired) electrons. The van der Waals surface area contributed by atoms with Gasteiger partial charge in [0.2, 0.25) is 0 Å². The van der Waals surface area contributed by atoms with Gasteiger partial charge in [-0.15, -0.1) is 0 Å². The Labute approximate surface area is 190 Å². The third kappa shape index (κ3) is 3.08. The molecule has 1 unspecified atom stereocenters. The zero-order chi connectivity index (χ0) is 22.7. The molecule has 0 aliphatic carbocycles. The standard InChI is InChI=1S/C25H25N5O3/c1-3-15-9-16-4-6-29(22(16)26-11-15)25(32)18-10-19-20(8-14(18)2)30-21(24(31)28-19)12-27-23(30)17-5-7-33-13-17/h8-12,17H,3-7,13H2,1-2H3,(H,28,31). The lowest BCUT2D eigenvalue weighted by Gasteiger charge is -2.19. The van der Waals surface area contributed by atoms with Crippen LogP contribution in [0.15, 0.2) is 35.4 Å². The summed E-state index contributed by atoms with van der Waals surface area (Å²) in [7, 11) is 0. The smallest absolute Gasteiger partial charge is 0.274 e. The van der Waals surface area contributed by atoms with Gasteiger partial charge >= 0.3 is 0 Å². The van der Waals surface area contributed by atoms with E-state index >= 15 is 0 Å². The molecule has 1 fully saturated rings. The molecular weight excluding hydrogens is 418 g/mol. The summed E-state index contributed by atoms with van der Waals surface area (Å²) < 4.78 is 7.48. The van der Waals surface area contributed by atoms with Crippen molar-refractivity contribution in [3.63, 3.8) is 0 Å². The molecule has 6 rings (SSSR count). The van der Waals surface area contributed by atoms with Crippen molar-refractivity contribution < 1.29 is 9.53 Å². The number of aromatic amines is 1. The van der Waals surface area contributed by atoms with Gasteiger partial charge in [-0.1, -0.05) is 13.0 Å². The molecule has 8 nitrogen and oxygen atoms in total. The number of aryl methyl sites for hydroxylation is 2. The number of rotatable bonds is 3. The number of amides is 1. The highest BCUT2D eigenvalue weighted by Gasteiger charge is 2.29. The first-order valence-electron chi connectivity index (χ1n) is 11.5. The largest absolute Gasteiger partial charge is 0.381 e. The SMILES string of the molecule is CCc1cnc2c(c1)CCN2C(=O)c1cc2[nH]c(=O)c3cnc(C4CCOC4)n3c2cc1C. The van der Waals surface area contributed by atoms with Crippen molar-refractivity contribution in [3.8, 4) is 0 Å². The van der Waals surface area contributed by atoms with Crippen molar-refractivity contribution in [1.82, 2.24) is 19.4 Å². The maximum absolute atomic E-state index is 13.6. The number of aromatic nitrogens is 4. The second-order valence-electron chi connectivity index (χ2n) is 8.92. The summed E-state index contributed by atoms with van der Waals surface area (Å²) in [5.74, 6) is 1.63. The Hall–Kier alpha value is -3.52. The predicted molar refractivity (Wildman–Crippen MR) is 125 cm³/mol. The molecule has 2 aliphatic rings. The number of pyridine rings is 1. The van der Waals surface area contributed by atoms with Gasteiger partial charge in [0.05, 0.1) is 23.8 Å². The molecule has 168 valence electrons. The number of ether oxygens (including phenoxy) is 1. The molecule has 0 bridgehead atoms. The molecule has 1 atom stereocenters. The normalized spacial score (nSPS) is 17.9. The minimum absolute atomic E-state index is 0.0964. The number of hydrogen-bond donors (Lipinski definition) is 1. The minimum atomic E-state index is -0.220. The quantitative estimate of drug-likeness (QED) is 0.525. The van der Waals surface area contributed by atoms with Gasteiger partial charge in [0.25, 0.3) is 11.5 Å². The van der Waals surface area contributed by atoms with Crippen molar-refractivity contribution in [1.29, 1.82) is 0 Å². The highest BCUT2D eigenvalue weighted by molar-refractivity contribution is 6.09. The Morgan fingerprint density at radius 2 is 2.09 bits per heavy atom. The zero-order valence-corrected chi connectivity index (χ0v) is 18.7. The molecule has 1 aromatic carbocycles. The lowest BCUT2D eigenvalue weighted by molar-refractivity contribution is 0.0988. The van der Waals surface area contributed by atoms with Crippen LogP contribution in [0.25, 0.3) is 16.6 Å². The fourth-order valence-corrected chi connectivity index (χ4v) is 5.05. The summed E-state index contributed by atoms with van der Waals surface area (Å²) in [6, 6.07) is 5.91. The molecule has 1 amide bonds. The van der Waals surface area contributed by atoms with E-state index < -0.39 is 0 Å². The Morgan fingerprint density at radius 3 is 2.88 bits per heavy atom. The summed E-state index contributed by atoms with van der Waals surface area (Å²) >= 11 is 0. The van der Waals surface area contributed by atoms with Gasteiger partial charge < -0.3 is 9.72 Å². The van der Waals surface area contributed by atoms with E-state index in [1.54, 1.807) is 17.2 Å². The Kier molecular flexibility index (Phi) is 4.58. The first-order valence-corrected chi connectivity index (χ1v) is 11.5. The Bertz CT molecular complexity index is 1480. The highest BCUT2D eigenvalue weighted by Crippen LogP contribution is 2.31. The van der Waals surface area contributed by atoms with Crippen molar-refractivity contribution in [2.24, 2.45) is 0 Å². The first kappa shape index (κ1) is 20.1. The van der Waals surface area contributed by atoms with Crippen molar-refractivity contribution >= 4 is 28.3 Å². The van der Waals surface area contributed by atoms with Crippen LogP contribution in [-0.4, -0.2) is 45.0 Å². The Balaban J connectivity index is 1.47. The number of anilines is 1. The first-order chi connectivity index (χ1) is 16.0. The third-order valence-electron chi connectivity index (χ3n) is 6.89. The number of benzene rings is 1. The van der Waals surface area contributed by atoms with E-state index in [0.29, 0.717) is 36.4 Å². The lowest BCUT2D eigenvalue weighted by Crippen LogP contribution is -2.30. The summed E-state index contributed by atoms with van der Waals surface area (Å²) in [5.41, 5.74) is 5.45. The minimum Gasteiger partial charge on any atom is -0.381 e. The number of carbonyl (C=O) groups is 1. The van der Waals surface area contributed by atoms with Crippen molar-refractivity contribution in [3.05, 3.63) is 69.0 Å². The van der Waals surface area contributed by atoms with Crippen LogP contribution in [0, 0.1) is 6.92 Å². The van der Waals surface area contributed by atoms with Crippen molar-refractivity contribution in [2.45, 2.75) is 39.0 Å². The number of hydrogen-bond acceptors (Lipinski definition) is 5. The second-order valence-corrected chi connectivity index (χ2v) is 8.92. The molecular formula is C25H25N5O3. The average Bonchev–Trinajstić information content (AvgIpc) is 3.57. The van der Waals surface area contributed by atoms with Crippen LogP contribution in [0.1, 0.15) is 52.1 Å². The molecule has 4 aromatic rings. The zero-order valence-electron chi connectivity index (χ0n) is 18.7. The fraction of sp³-hybridized carbons (Fsp3) is 0.360. The van der Waals surface area contributed by atoms with Crippen LogP contribution in [0.4, 0.5) is 5.82 Å². The molecule has 2 aliphatic heterocycles. The molecule has 1 N–H and O–H groups in total. The molecule has 8 heteroatoms. The molecule has 0 spiro atoms. The van der Waals surface area contributed by atoms with Crippen LogP contribution in [0.3, 0.4) is 0 Å². The monoisotopic (exact) mass is 443 g/mol. The van der Waals surface area contributed by atoms with Gasteiger partial charge in [0, 0.05) is 30.8 Å². The molecule has 5 heterocycles. The summed E-state index contributed by atoms with van der Waals surface area (Å²) in [6.45, 7) is 5.94. The maximum atomic E-state index is 13.6. The van der Waals surface area contributed by atoms with E-state index in [0.717, 1.165) is 47.5 Å². The van der Waals surface area contributed by atoms with E-state index in [4.69, 9.17) is 4.74 Å². The average molecular weight is 444 g/mol. The van der Waals surface area contributed by atoms with Gasteiger partial charge in [-0.2, -0.15) is 0 Å². The number of fused-ring (bicyclic) bond motifs is 4. The van der Waals surface area contributed by atoms with Crippen LogP contribution < -0.4 is 10.5 Å². The van der Waals surface area contributed by atoms with Crippen molar-refractivity contribution in [2.75, 3.05) is 24.7 Å². The van der Waals surface area contributed by atoms with Crippen LogP contribution in [0.2, 0.25) is 0 Å². The molecule has 1 saturated heterocycles. The molecule has 33 heavy (non-hydrogen) atoms. The summed E-state index contributed by atoms with van der Waals surface area (Å²) in [5, 5.41) is 0. The predicted octanol–water partition coefficient (Wildman–Crippen LogP) is 3.15. The second kappa shape index (κ2) is 7.52. The number of imidazole rings is 1. The van der Waals surface area contributed by atoms with E-state index in [1.807, 2.05) is 23.6 Å². The van der Waals surface area contributed by atoms with Crippen LogP contribution in [-0.2, 0) is 17.6 Å². The lowest BCUT2D eigenvalue weighted by atomic mass is 10.0. The third-order valence-corrected chi connectivity index (χ3v) is 6.89. The summed E-state index contributed by atoms with van der Waals surface area (Å²) in [4.78, 5) is 40.2. The van der Waals surface area contributed by atoms with E-state index in [-0.39, 0.29) is 17.4 Å². The van der Waals surface area contributed by atoms with E-state index in [1.165, 1.54) is 5.56 Å². The van der Waals surface area contributed by atoms with Gasteiger partial charge in [-0.3, -0.25) is 18.9 Å². The van der Waals surface area contributed by atoms with Gasteiger partial charge in [-0.05, 0) is 55.0 Å². The Morgan fingerprint density at radius 1 is 1.21 bits per heavy atom. The summed E-state index contributed by atoms with van der Waals surface area (Å²) in [6.07, 6.45) is 6.07. The van der Waals surface area contributed by atoms with E-state index in [2.05, 4.69) is 27.9 Å². The highest BCUT2D eigenvalue weighted by atomic mass is 16.5. The molecule has 3 aromatic heterocycles. The van der Waals surface area contributed by atoms with Gasteiger partial charge in [-0.25, -0.2) is 9.97 Å². The van der Waals surface area contributed by atoms with Gasteiger partial charge in [0.1, 0.15) is 17.2 Å². The number of nitrogens with one attached hydrogen (secondary N) is 1. The fourth-order valence-electron chi connectivity index (χ4n) is 5.05. The van der Waals surface area contributed by atoms with E-state index in [9.17, 15) is 9.59 Å². The number of carbonyl (C=O) groups excluding carboxylic acids is 1. The van der Waals surface area contributed by atoms with Gasteiger partial charge in [0.15, 0.2) is 0 Å². The van der Waals surface area contributed by atoms with Crippen LogP contribution >= 0.6 is 0 Å².